The molecule has 0 radical (unpaired) electrons. The van der Waals surface area contributed by atoms with Gasteiger partial charge in [-0.15, -0.1) is 0 Å². The Hall–Kier alpha value is -3.21. The van der Waals surface area contributed by atoms with E-state index in [4.69, 9.17) is 10.4 Å². The third-order valence-corrected chi connectivity index (χ3v) is 1.96. The summed E-state index contributed by atoms with van der Waals surface area (Å²) in [4.78, 5) is 31.5. The van der Waals surface area contributed by atoms with Crippen LogP contribution in [0.2, 0.25) is 0 Å². The monoisotopic (exact) mass is 261 g/mol. The first kappa shape index (κ1) is 13.9. The number of anilines is 1. The number of hydrogen-bond acceptors (Lipinski definition) is 5. The second-order valence-electron chi connectivity index (χ2n) is 3.26. The van der Waals surface area contributed by atoms with E-state index in [1.54, 1.807) is 6.07 Å². The summed E-state index contributed by atoms with van der Waals surface area (Å²) < 4.78 is 0. The van der Waals surface area contributed by atoms with Crippen molar-refractivity contribution in [3.63, 3.8) is 0 Å². The Bertz CT molecular complexity index is 615. The molecule has 8 nitrogen and oxygen atoms in total. The maximum Gasteiger partial charge on any atom is 0.328 e. The predicted octanol–water partition coefficient (Wildman–Crippen LogP) is 1.05. The lowest BCUT2D eigenvalue weighted by Crippen LogP contribution is -2.10. The first-order chi connectivity index (χ1) is 8.93. The van der Waals surface area contributed by atoms with E-state index in [1.165, 1.54) is 12.1 Å². The highest BCUT2D eigenvalue weighted by molar-refractivity contribution is 6.03. The number of carboxylic acids is 1. The number of carbonyl (C=O) groups excluding carboxylic acids is 1. The molecule has 0 aromatic heterocycles. The van der Waals surface area contributed by atoms with E-state index in [0.29, 0.717) is 6.08 Å². The van der Waals surface area contributed by atoms with Crippen LogP contribution in [0.1, 0.15) is 5.56 Å². The van der Waals surface area contributed by atoms with Gasteiger partial charge < -0.3 is 10.4 Å². The summed E-state index contributed by atoms with van der Waals surface area (Å²) in [6, 6.07) is 5.24. The van der Waals surface area contributed by atoms with Crippen molar-refractivity contribution in [1.29, 1.82) is 5.26 Å². The van der Waals surface area contributed by atoms with Crippen molar-refractivity contribution in [1.82, 2.24) is 0 Å². The summed E-state index contributed by atoms with van der Waals surface area (Å²) in [5, 5.41) is 29.9. The van der Waals surface area contributed by atoms with Crippen LogP contribution in [0.15, 0.2) is 30.4 Å². The lowest BCUT2D eigenvalue weighted by Gasteiger charge is -2.03. The zero-order valence-electron chi connectivity index (χ0n) is 9.36. The van der Waals surface area contributed by atoms with E-state index in [1.807, 2.05) is 0 Å². The van der Waals surface area contributed by atoms with Crippen LogP contribution in [-0.4, -0.2) is 21.9 Å². The first-order valence-electron chi connectivity index (χ1n) is 4.84. The molecule has 19 heavy (non-hydrogen) atoms. The van der Waals surface area contributed by atoms with Crippen molar-refractivity contribution < 1.29 is 19.6 Å². The highest BCUT2D eigenvalue weighted by Crippen LogP contribution is 2.25. The van der Waals surface area contributed by atoms with Crippen LogP contribution < -0.4 is 5.32 Å². The van der Waals surface area contributed by atoms with Gasteiger partial charge in [-0.25, -0.2) is 4.79 Å². The van der Waals surface area contributed by atoms with Crippen molar-refractivity contribution in [3.05, 3.63) is 46.0 Å². The Morgan fingerprint density at radius 1 is 1.42 bits per heavy atom. The van der Waals surface area contributed by atoms with Gasteiger partial charge in [0.25, 0.3) is 5.69 Å². The fourth-order valence-corrected chi connectivity index (χ4v) is 1.18. The Morgan fingerprint density at radius 3 is 2.63 bits per heavy atom. The summed E-state index contributed by atoms with van der Waals surface area (Å²) in [6.45, 7) is 0. The number of aliphatic carboxylic acids is 1. The number of rotatable bonds is 4. The summed E-state index contributed by atoms with van der Waals surface area (Å²) in [5.74, 6) is -2.14. The van der Waals surface area contributed by atoms with Crippen LogP contribution in [0.5, 0.6) is 0 Å². The Kier molecular flexibility index (Phi) is 4.32. The fourth-order valence-electron chi connectivity index (χ4n) is 1.18. The molecule has 96 valence electrons. The first-order valence-corrected chi connectivity index (χ1v) is 4.84. The topological polar surface area (TPSA) is 133 Å². The van der Waals surface area contributed by atoms with E-state index >= 15 is 0 Å². The molecule has 8 heteroatoms. The number of hydrogen-bond donors (Lipinski definition) is 2. The standard InChI is InChI=1S/C11H7N3O5/c12-6-7-1-2-8(9(5-7)14(18)19)13-10(15)3-4-11(16)17/h1-5H,(H,13,15)(H,16,17)/b4-3+. The van der Waals surface area contributed by atoms with E-state index in [0.717, 1.165) is 12.1 Å². The van der Waals surface area contributed by atoms with Crippen LogP contribution >= 0.6 is 0 Å². The van der Waals surface area contributed by atoms with E-state index in [9.17, 15) is 19.7 Å². The molecule has 1 amide bonds. The molecule has 0 saturated heterocycles. The molecule has 2 N–H and O–H groups in total. The lowest BCUT2D eigenvalue weighted by molar-refractivity contribution is -0.383. The van der Waals surface area contributed by atoms with E-state index < -0.39 is 22.5 Å². The maximum atomic E-state index is 11.3. The maximum absolute atomic E-state index is 11.3. The van der Waals surface area contributed by atoms with Gasteiger partial charge in [-0.1, -0.05) is 0 Å². The van der Waals surface area contributed by atoms with E-state index in [-0.39, 0.29) is 11.3 Å². The largest absolute Gasteiger partial charge is 0.478 e. The predicted molar refractivity (Wildman–Crippen MR) is 63.2 cm³/mol. The van der Waals surface area contributed by atoms with Crippen molar-refractivity contribution in [2.45, 2.75) is 0 Å². The molecule has 0 aliphatic heterocycles. The second kappa shape index (κ2) is 5.92. The van der Waals surface area contributed by atoms with Crippen LogP contribution in [-0.2, 0) is 9.59 Å². The minimum Gasteiger partial charge on any atom is -0.478 e. The summed E-state index contributed by atoms with van der Waals surface area (Å²) >= 11 is 0. The zero-order valence-corrected chi connectivity index (χ0v) is 9.36. The summed E-state index contributed by atoms with van der Waals surface area (Å²) in [5.41, 5.74) is -0.494. The molecule has 0 spiro atoms. The number of amides is 1. The van der Waals surface area contributed by atoms with Gasteiger partial charge in [0, 0.05) is 18.2 Å². The van der Waals surface area contributed by atoms with Gasteiger partial charge in [-0.2, -0.15) is 5.26 Å². The highest BCUT2D eigenvalue weighted by Gasteiger charge is 2.15. The molecule has 0 atom stereocenters. The van der Waals surface area contributed by atoms with Crippen molar-refractivity contribution in [2.75, 3.05) is 5.32 Å². The third kappa shape index (κ3) is 3.94. The highest BCUT2D eigenvalue weighted by atomic mass is 16.6. The van der Waals surface area contributed by atoms with Gasteiger partial charge in [-0.3, -0.25) is 14.9 Å². The normalized spacial score (nSPS) is 9.84. The Labute approximate surface area is 106 Å². The average Bonchev–Trinajstić information content (AvgIpc) is 2.36. The molecule has 0 fully saturated rings. The van der Waals surface area contributed by atoms with Gasteiger partial charge in [0.15, 0.2) is 0 Å². The zero-order chi connectivity index (χ0) is 14.4. The summed E-state index contributed by atoms with van der Waals surface area (Å²) in [6.07, 6.45) is 1.33. The molecule has 0 aliphatic carbocycles. The van der Waals surface area contributed by atoms with Crippen LogP contribution in [0.3, 0.4) is 0 Å². The molecule has 0 bridgehead atoms. The molecule has 1 rings (SSSR count). The fraction of sp³-hybridized carbons (Fsp3) is 0. The SMILES string of the molecule is N#Cc1ccc(NC(=O)/C=C/C(=O)O)c([N+](=O)[O-])c1. The minimum atomic E-state index is -1.32. The molecule has 0 aliphatic rings. The second-order valence-corrected chi connectivity index (χ2v) is 3.26. The Morgan fingerprint density at radius 2 is 2.11 bits per heavy atom. The number of nitro groups is 1. The molecular formula is C11H7N3O5. The molecule has 1 aromatic carbocycles. The lowest BCUT2D eigenvalue weighted by atomic mass is 10.2. The third-order valence-electron chi connectivity index (χ3n) is 1.96. The number of carbonyl (C=O) groups is 2. The number of carboxylic acid groups (broad SMARTS) is 1. The molecule has 0 unspecified atom stereocenters. The van der Waals surface area contributed by atoms with Gasteiger partial charge in [0.05, 0.1) is 16.6 Å². The smallest absolute Gasteiger partial charge is 0.328 e. The van der Waals surface area contributed by atoms with Crippen LogP contribution in [0.4, 0.5) is 11.4 Å². The number of nitro benzene ring substituents is 1. The quantitative estimate of drug-likeness (QED) is 0.472. The molecule has 0 saturated carbocycles. The molecule has 0 heterocycles. The number of benzene rings is 1. The van der Waals surface area contributed by atoms with Crippen molar-refractivity contribution in [3.8, 4) is 6.07 Å². The number of nitrogens with one attached hydrogen (secondary N) is 1. The van der Waals surface area contributed by atoms with Crippen LogP contribution in [0, 0.1) is 21.4 Å². The van der Waals surface area contributed by atoms with Gasteiger partial charge >= 0.3 is 5.97 Å². The van der Waals surface area contributed by atoms with Gasteiger partial charge in [0.1, 0.15) is 5.69 Å². The molecule has 1 aromatic rings. The van der Waals surface area contributed by atoms with Crippen molar-refractivity contribution >= 4 is 23.3 Å². The van der Waals surface area contributed by atoms with Gasteiger partial charge in [-0.05, 0) is 12.1 Å². The van der Waals surface area contributed by atoms with Crippen molar-refractivity contribution in [2.24, 2.45) is 0 Å². The van der Waals surface area contributed by atoms with Gasteiger partial charge in [0.2, 0.25) is 5.91 Å². The summed E-state index contributed by atoms with van der Waals surface area (Å²) in [7, 11) is 0. The Balaban J connectivity index is 3.02. The average molecular weight is 261 g/mol. The molecular weight excluding hydrogens is 254 g/mol. The minimum absolute atomic E-state index is 0.0748. The van der Waals surface area contributed by atoms with E-state index in [2.05, 4.69) is 5.32 Å². The number of nitriles is 1. The van der Waals surface area contributed by atoms with Crippen LogP contribution in [0.25, 0.3) is 0 Å². The number of nitrogens with zero attached hydrogens (tertiary/aromatic N) is 2.